The van der Waals surface area contributed by atoms with E-state index in [0.29, 0.717) is 22.3 Å². The molecule has 4 aromatic rings. The molecule has 2 aromatic heterocycles. The number of hydrogen-bond donors (Lipinski definition) is 1. The van der Waals surface area contributed by atoms with E-state index in [1.165, 1.54) is 21.1 Å². The topological polar surface area (TPSA) is 95.6 Å². The molecule has 0 saturated heterocycles. The molecular formula is C26H24F2N4O4S. The predicted molar refractivity (Wildman–Crippen MR) is 136 cm³/mol. The number of likely N-dealkylation sites (N-methyl/N-ethyl adjacent to an activating group) is 1. The number of hydrogen-bond acceptors (Lipinski definition) is 6. The van der Waals surface area contributed by atoms with E-state index in [2.05, 4.69) is 9.97 Å². The van der Waals surface area contributed by atoms with E-state index in [4.69, 9.17) is 4.74 Å². The second-order valence-electron chi connectivity index (χ2n) is 9.99. The van der Waals surface area contributed by atoms with Gasteiger partial charge < -0.3 is 14.6 Å². The summed E-state index contributed by atoms with van der Waals surface area (Å²) in [7, 11) is 1.57. The number of benzene rings is 2. The van der Waals surface area contributed by atoms with Crippen LogP contribution in [-0.2, 0) is 11.3 Å². The van der Waals surface area contributed by atoms with Crippen LogP contribution in [-0.4, -0.2) is 51.0 Å². The molecule has 0 bridgehead atoms. The molecule has 1 aliphatic heterocycles. The minimum atomic E-state index is -1.15. The Balaban J connectivity index is 1.63. The fourth-order valence-electron chi connectivity index (χ4n) is 4.57. The molecule has 1 aliphatic rings. The van der Waals surface area contributed by atoms with Gasteiger partial charge in [0.2, 0.25) is 0 Å². The molecule has 192 valence electrons. The average Bonchev–Trinajstić information content (AvgIpc) is 3.30. The number of amides is 2. The molecule has 8 nitrogen and oxygen atoms in total. The van der Waals surface area contributed by atoms with Crippen molar-refractivity contribution in [3.63, 3.8) is 0 Å². The number of nitrogens with zero attached hydrogens (tertiary/aromatic N) is 3. The fourth-order valence-corrected chi connectivity index (χ4v) is 5.23. The molecule has 1 N–H and O–H groups in total. The number of aromatic nitrogens is 2. The normalized spacial score (nSPS) is 15.6. The summed E-state index contributed by atoms with van der Waals surface area (Å²) >= 11 is 1.45. The molecule has 0 spiro atoms. The van der Waals surface area contributed by atoms with Crippen LogP contribution >= 0.6 is 11.3 Å². The van der Waals surface area contributed by atoms with Crippen LogP contribution in [0.1, 0.15) is 48.4 Å². The maximum Gasteiger partial charge on any atom is 0.410 e. The maximum atomic E-state index is 14.4. The lowest BCUT2D eigenvalue weighted by atomic mass is 9.92. The number of H-pyrrole nitrogens is 1. The number of pyridine rings is 1. The van der Waals surface area contributed by atoms with Crippen LogP contribution in [0.4, 0.5) is 13.6 Å². The van der Waals surface area contributed by atoms with Crippen molar-refractivity contribution < 1.29 is 23.1 Å². The van der Waals surface area contributed by atoms with Gasteiger partial charge in [0.05, 0.1) is 33.7 Å². The molecule has 1 atom stereocenters. The third kappa shape index (κ3) is 4.55. The number of fused-ring (bicyclic) bond motifs is 4. The van der Waals surface area contributed by atoms with Crippen molar-refractivity contribution in [2.75, 3.05) is 13.6 Å². The zero-order valence-electron chi connectivity index (χ0n) is 20.6. The summed E-state index contributed by atoms with van der Waals surface area (Å²) < 4.78 is 34.8. The highest BCUT2D eigenvalue weighted by atomic mass is 32.1. The van der Waals surface area contributed by atoms with Crippen LogP contribution in [0.2, 0.25) is 0 Å². The molecular weight excluding hydrogens is 502 g/mol. The highest BCUT2D eigenvalue weighted by molar-refractivity contribution is 7.16. The van der Waals surface area contributed by atoms with Crippen molar-refractivity contribution in [3.8, 4) is 0 Å². The zero-order valence-corrected chi connectivity index (χ0v) is 21.4. The number of ether oxygens (including phenoxy) is 1. The van der Waals surface area contributed by atoms with Crippen LogP contribution in [0.5, 0.6) is 0 Å². The number of halogens is 2. The summed E-state index contributed by atoms with van der Waals surface area (Å²) in [5, 5.41) is 0.138. The Labute approximate surface area is 214 Å². The maximum absolute atomic E-state index is 14.4. The van der Waals surface area contributed by atoms with Crippen LogP contribution in [0.25, 0.3) is 21.0 Å². The lowest BCUT2D eigenvalue weighted by Crippen LogP contribution is -2.47. The number of nitrogens with one attached hydrogen (secondary N) is 1. The predicted octanol–water partition coefficient (Wildman–Crippen LogP) is 4.98. The number of carbonyl (C=O) groups is 2. The molecule has 3 heterocycles. The molecule has 0 fully saturated rings. The van der Waals surface area contributed by atoms with Crippen molar-refractivity contribution in [3.05, 3.63) is 74.7 Å². The number of thiazole rings is 1. The minimum Gasteiger partial charge on any atom is -0.444 e. The Bertz CT molecular complexity index is 1620. The van der Waals surface area contributed by atoms with Crippen molar-refractivity contribution in [2.24, 2.45) is 0 Å². The summed E-state index contributed by atoms with van der Waals surface area (Å²) in [6.45, 7) is 5.19. The van der Waals surface area contributed by atoms with Gasteiger partial charge >= 0.3 is 6.09 Å². The van der Waals surface area contributed by atoms with Crippen molar-refractivity contribution in [1.82, 2.24) is 19.8 Å². The summed E-state index contributed by atoms with van der Waals surface area (Å²) in [6, 6.07) is 6.20. The molecule has 2 amide bonds. The molecule has 37 heavy (non-hydrogen) atoms. The Morgan fingerprint density at radius 2 is 1.86 bits per heavy atom. The summed E-state index contributed by atoms with van der Waals surface area (Å²) in [6.07, 6.45) is -0.626. The first-order valence-corrected chi connectivity index (χ1v) is 12.4. The molecule has 11 heteroatoms. The minimum absolute atomic E-state index is 0.0171. The SMILES string of the molecule is CN(C(=O)c1ccc2scnc2c1)[C@H]1CN(C(=O)OC(C)(C)C)Cc2[nH]c(=O)c3cc(F)c(F)cc3c21. The van der Waals surface area contributed by atoms with Crippen LogP contribution in [0.3, 0.4) is 0 Å². The first kappa shape index (κ1) is 24.8. The molecule has 0 unspecified atom stereocenters. The Hall–Kier alpha value is -3.86. The standard InChI is InChI=1S/C26H24F2N4O4S/c1-26(2,3)36-25(35)32-10-19-22(14-8-16(27)17(28)9-15(14)23(33)30-19)20(11-32)31(4)24(34)13-5-6-21-18(7-13)29-12-37-21/h5-9,12,20H,10-11H2,1-4H3,(H,30,33)/t20-/m0/s1. The van der Waals surface area contributed by atoms with Crippen molar-refractivity contribution in [2.45, 2.75) is 39.0 Å². The second kappa shape index (κ2) is 8.91. The highest BCUT2D eigenvalue weighted by Gasteiger charge is 2.37. The van der Waals surface area contributed by atoms with Gasteiger partial charge in [-0.1, -0.05) is 0 Å². The van der Waals surface area contributed by atoms with Gasteiger partial charge in [0.1, 0.15) is 5.60 Å². The van der Waals surface area contributed by atoms with Gasteiger partial charge in [-0.15, -0.1) is 11.3 Å². The molecule has 0 saturated carbocycles. The molecule has 2 aromatic carbocycles. The van der Waals surface area contributed by atoms with Gasteiger partial charge in [-0.2, -0.15) is 0 Å². The van der Waals surface area contributed by atoms with E-state index < -0.39 is 34.9 Å². The Morgan fingerprint density at radius 1 is 1.16 bits per heavy atom. The third-order valence-corrected chi connectivity index (χ3v) is 7.09. The zero-order chi connectivity index (χ0) is 26.6. The van der Waals surface area contributed by atoms with Gasteiger partial charge in [0.15, 0.2) is 11.6 Å². The average molecular weight is 527 g/mol. The van der Waals surface area contributed by atoms with Gasteiger partial charge in [-0.05, 0) is 56.5 Å². The van der Waals surface area contributed by atoms with Crippen molar-refractivity contribution >= 4 is 44.3 Å². The van der Waals surface area contributed by atoms with E-state index in [1.54, 1.807) is 51.5 Å². The quantitative estimate of drug-likeness (QED) is 0.398. The van der Waals surface area contributed by atoms with Gasteiger partial charge in [-0.3, -0.25) is 14.5 Å². The lowest BCUT2D eigenvalue weighted by Gasteiger charge is -2.39. The number of aromatic amines is 1. The first-order chi connectivity index (χ1) is 17.4. The first-order valence-electron chi connectivity index (χ1n) is 11.5. The smallest absolute Gasteiger partial charge is 0.410 e. The molecule has 0 aliphatic carbocycles. The Kier molecular flexibility index (Phi) is 5.98. The summed E-state index contributed by atoms with van der Waals surface area (Å²) in [5.74, 6) is -2.63. The van der Waals surface area contributed by atoms with E-state index in [1.807, 2.05) is 0 Å². The second-order valence-corrected chi connectivity index (χ2v) is 10.9. The monoisotopic (exact) mass is 526 g/mol. The largest absolute Gasteiger partial charge is 0.444 e. The van der Waals surface area contributed by atoms with Gasteiger partial charge in [-0.25, -0.2) is 18.6 Å². The number of rotatable bonds is 2. The number of carbonyl (C=O) groups excluding carboxylic acids is 2. The molecule has 0 radical (unpaired) electrons. The van der Waals surface area contributed by atoms with Crippen LogP contribution in [0, 0.1) is 11.6 Å². The lowest BCUT2D eigenvalue weighted by molar-refractivity contribution is 0.0142. The highest BCUT2D eigenvalue weighted by Crippen LogP contribution is 2.36. The van der Waals surface area contributed by atoms with E-state index in [0.717, 1.165) is 16.8 Å². The fraction of sp³-hybridized carbons (Fsp3) is 0.308. The van der Waals surface area contributed by atoms with Crippen LogP contribution < -0.4 is 5.56 Å². The van der Waals surface area contributed by atoms with E-state index in [9.17, 15) is 23.2 Å². The van der Waals surface area contributed by atoms with Gasteiger partial charge in [0, 0.05) is 30.4 Å². The Morgan fingerprint density at radius 3 is 2.57 bits per heavy atom. The third-order valence-electron chi connectivity index (χ3n) is 6.28. The van der Waals surface area contributed by atoms with E-state index >= 15 is 0 Å². The van der Waals surface area contributed by atoms with Gasteiger partial charge in [0.25, 0.3) is 11.5 Å². The van der Waals surface area contributed by atoms with Crippen molar-refractivity contribution in [1.29, 1.82) is 0 Å². The summed E-state index contributed by atoms with van der Waals surface area (Å²) in [4.78, 5) is 49.2. The molecule has 5 rings (SSSR count). The van der Waals surface area contributed by atoms with Crippen LogP contribution in [0.15, 0.2) is 40.6 Å². The van der Waals surface area contributed by atoms with E-state index in [-0.39, 0.29) is 29.8 Å². The summed E-state index contributed by atoms with van der Waals surface area (Å²) in [5.41, 5.74) is 2.11.